The first-order chi connectivity index (χ1) is 8.65. The minimum atomic E-state index is 0.111. The number of benzene rings is 1. The van der Waals surface area contributed by atoms with Gasteiger partial charge in [-0.3, -0.25) is 0 Å². The number of hydrogen-bond donors (Lipinski definition) is 1. The van der Waals surface area contributed by atoms with Crippen LogP contribution >= 0.6 is 31.9 Å². The minimum absolute atomic E-state index is 0.111. The number of ether oxygens (including phenoxy) is 1. The lowest BCUT2D eigenvalue weighted by Gasteiger charge is -2.14. The van der Waals surface area contributed by atoms with Crippen LogP contribution in [0.15, 0.2) is 27.1 Å². The van der Waals surface area contributed by atoms with Gasteiger partial charge in [0, 0.05) is 21.6 Å². The van der Waals surface area contributed by atoms with Gasteiger partial charge >= 0.3 is 0 Å². The Morgan fingerprint density at radius 2 is 2.00 bits per heavy atom. The zero-order valence-electron chi connectivity index (χ0n) is 10.4. The van der Waals surface area contributed by atoms with Crippen molar-refractivity contribution in [3.05, 3.63) is 32.7 Å². The minimum Gasteiger partial charge on any atom is -0.378 e. The van der Waals surface area contributed by atoms with Crippen LogP contribution in [-0.2, 0) is 4.74 Å². The van der Waals surface area contributed by atoms with Crippen molar-refractivity contribution in [3.63, 3.8) is 0 Å². The Morgan fingerprint density at radius 1 is 1.28 bits per heavy atom. The van der Waals surface area contributed by atoms with Crippen LogP contribution in [0.5, 0.6) is 0 Å². The molecule has 1 heterocycles. The summed E-state index contributed by atoms with van der Waals surface area (Å²) in [6, 6.07) is 6.34. The highest BCUT2D eigenvalue weighted by atomic mass is 79.9. The smallest absolute Gasteiger partial charge is 0.0576 e. The molecular weight excluding hydrogens is 358 g/mol. The SMILES string of the molecule is NC(CCCC1CCCO1)c1cc(Br)cc(Br)c1. The molecule has 2 atom stereocenters. The van der Waals surface area contributed by atoms with E-state index in [0.29, 0.717) is 6.10 Å². The van der Waals surface area contributed by atoms with E-state index < -0.39 is 0 Å². The second kappa shape index (κ2) is 7.04. The normalized spacial score (nSPS) is 21.2. The predicted molar refractivity (Wildman–Crippen MR) is 81.6 cm³/mol. The molecule has 0 bridgehead atoms. The van der Waals surface area contributed by atoms with Gasteiger partial charge in [-0.15, -0.1) is 0 Å². The van der Waals surface area contributed by atoms with E-state index in [9.17, 15) is 0 Å². The van der Waals surface area contributed by atoms with Crippen LogP contribution in [0.25, 0.3) is 0 Å². The highest BCUT2D eigenvalue weighted by molar-refractivity contribution is 9.11. The van der Waals surface area contributed by atoms with Crippen LogP contribution in [0.3, 0.4) is 0 Å². The van der Waals surface area contributed by atoms with Crippen molar-refractivity contribution in [2.45, 2.75) is 44.2 Å². The molecule has 1 saturated heterocycles. The molecule has 2 N–H and O–H groups in total. The molecular formula is C14H19Br2NO. The second-order valence-corrected chi connectivity index (χ2v) is 6.71. The Morgan fingerprint density at radius 3 is 2.61 bits per heavy atom. The van der Waals surface area contributed by atoms with E-state index in [-0.39, 0.29) is 6.04 Å². The van der Waals surface area contributed by atoms with Crippen LogP contribution in [0, 0.1) is 0 Å². The predicted octanol–water partition coefficient (Wildman–Crippen LogP) is 4.56. The Kier molecular flexibility index (Phi) is 5.67. The van der Waals surface area contributed by atoms with Gasteiger partial charge in [0.05, 0.1) is 6.10 Å². The lowest BCUT2D eigenvalue weighted by atomic mass is 10.00. The Balaban J connectivity index is 1.81. The zero-order valence-corrected chi connectivity index (χ0v) is 13.5. The van der Waals surface area contributed by atoms with Gasteiger partial charge in [-0.05, 0) is 55.9 Å². The first kappa shape index (κ1) is 14.5. The van der Waals surface area contributed by atoms with Crippen molar-refractivity contribution >= 4 is 31.9 Å². The standard InChI is InChI=1S/C14H19Br2NO/c15-11-7-10(8-12(16)9-11)14(17)5-1-3-13-4-2-6-18-13/h7-9,13-14H,1-6,17H2. The van der Waals surface area contributed by atoms with Gasteiger partial charge in [0.15, 0.2) is 0 Å². The summed E-state index contributed by atoms with van der Waals surface area (Å²) < 4.78 is 7.76. The summed E-state index contributed by atoms with van der Waals surface area (Å²) in [5, 5.41) is 0. The molecule has 4 heteroatoms. The molecule has 0 spiro atoms. The first-order valence-electron chi connectivity index (χ1n) is 6.48. The molecule has 1 aromatic rings. The van der Waals surface area contributed by atoms with Crippen molar-refractivity contribution in [1.82, 2.24) is 0 Å². The van der Waals surface area contributed by atoms with Gasteiger partial charge in [-0.1, -0.05) is 31.9 Å². The third-order valence-corrected chi connectivity index (χ3v) is 4.29. The fourth-order valence-corrected chi connectivity index (χ4v) is 3.72. The second-order valence-electron chi connectivity index (χ2n) is 4.88. The molecule has 100 valence electrons. The van der Waals surface area contributed by atoms with Crippen molar-refractivity contribution in [2.75, 3.05) is 6.61 Å². The maximum atomic E-state index is 6.24. The van der Waals surface area contributed by atoms with Gasteiger partial charge in [0.2, 0.25) is 0 Å². The van der Waals surface area contributed by atoms with Gasteiger partial charge < -0.3 is 10.5 Å². The molecule has 18 heavy (non-hydrogen) atoms. The van der Waals surface area contributed by atoms with Gasteiger partial charge in [-0.25, -0.2) is 0 Å². The van der Waals surface area contributed by atoms with Crippen molar-refractivity contribution in [1.29, 1.82) is 0 Å². The maximum absolute atomic E-state index is 6.24. The topological polar surface area (TPSA) is 35.2 Å². The average Bonchev–Trinajstić information content (AvgIpc) is 2.80. The van der Waals surface area contributed by atoms with E-state index in [4.69, 9.17) is 10.5 Å². The first-order valence-corrected chi connectivity index (χ1v) is 8.07. The van der Waals surface area contributed by atoms with Crippen molar-refractivity contribution < 1.29 is 4.74 Å². The zero-order chi connectivity index (χ0) is 13.0. The Hall–Kier alpha value is 0.1000. The summed E-state index contributed by atoms with van der Waals surface area (Å²) in [5.41, 5.74) is 7.42. The Bertz CT molecular complexity index is 371. The fourth-order valence-electron chi connectivity index (χ4n) is 2.39. The van der Waals surface area contributed by atoms with Gasteiger partial charge in [0.1, 0.15) is 0 Å². The third-order valence-electron chi connectivity index (χ3n) is 3.38. The molecule has 1 aromatic carbocycles. The number of hydrogen-bond acceptors (Lipinski definition) is 2. The van der Waals surface area contributed by atoms with E-state index in [2.05, 4.69) is 44.0 Å². The van der Waals surface area contributed by atoms with E-state index >= 15 is 0 Å². The number of nitrogens with two attached hydrogens (primary N) is 1. The summed E-state index contributed by atoms with van der Waals surface area (Å²) in [6.45, 7) is 0.940. The van der Waals surface area contributed by atoms with Crippen LogP contribution < -0.4 is 5.73 Å². The quantitative estimate of drug-likeness (QED) is 0.817. The maximum Gasteiger partial charge on any atom is 0.0576 e. The van der Waals surface area contributed by atoms with E-state index in [1.54, 1.807) is 0 Å². The molecule has 2 rings (SSSR count). The molecule has 2 unspecified atom stereocenters. The fraction of sp³-hybridized carbons (Fsp3) is 0.571. The third kappa shape index (κ3) is 4.34. The van der Waals surface area contributed by atoms with E-state index in [1.807, 2.05) is 6.07 Å². The average molecular weight is 377 g/mol. The largest absolute Gasteiger partial charge is 0.378 e. The highest BCUT2D eigenvalue weighted by Gasteiger charge is 2.16. The number of rotatable bonds is 5. The summed E-state index contributed by atoms with van der Waals surface area (Å²) >= 11 is 7.00. The van der Waals surface area contributed by atoms with Crippen LogP contribution in [-0.4, -0.2) is 12.7 Å². The summed E-state index contributed by atoms with van der Waals surface area (Å²) in [5.74, 6) is 0. The number of halogens is 2. The van der Waals surface area contributed by atoms with Crippen molar-refractivity contribution in [3.8, 4) is 0 Å². The molecule has 0 amide bonds. The summed E-state index contributed by atoms with van der Waals surface area (Å²) in [4.78, 5) is 0. The van der Waals surface area contributed by atoms with Crippen LogP contribution in [0.2, 0.25) is 0 Å². The molecule has 0 saturated carbocycles. The molecule has 0 aliphatic carbocycles. The van der Waals surface area contributed by atoms with Crippen molar-refractivity contribution in [2.24, 2.45) is 5.73 Å². The lowest BCUT2D eigenvalue weighted by molar-refractivity contribution is 0.101. The molecule has 1 fully saturated rings. The van der Waals surface area contributed by atoms with E-state index in [1.165, 1.54) is 18.4 Å². The lowest BCUT2D eigenvalue weighted by Crippen LogP contribution is -2.12. The highest BCUT2D eigenvalue weighted by Crippen LogP contribution is 2.26. The van der Waals surface area contributed by atoms with Gasteiger partial charge in [-0.2, -0.15) is 0 Å². The van der Waals surface area contributed by atoms with Crippen LogP contribution in [0.4, 0.5) is 0 Å². The molecule has 2 nitrogen and oxygen atoms in total. The monoisotopic (exact) mass is 375 g/mol. The Labute approximate surface area is 126 Å². The summed E-state index contributed by atoms with van der Waals surface area (Å²) in [7, 11) is 0. The van der Waals surface area contributed by atoms with E-state index in [0.717, 1.165) is 34.8 Å². The van der Waals surface area contributed by atoms with Crippen LogP contribution in [0.1, 0.15) is 43.7 Å². The molecule has 1 aliphatic heterocycles. The molecule has 0 radical (unpaired) electrons. The summed E-state index contributed by atoms with van der Waals surface area (Å²) in [6.07, 6.45) is 6.21. The molecule has 0 aromatic heterocycles. The van der Waals surface area contributed by atoms with Gasteiger partial charge in [0.25, 0.3) is 0 Å². The molecule has 1 aliphatic rings.